The van der Waals surface area contributed by atoms with E-state index >= 15 is 0 Å². The molecule has 0 spiro atoms. The predicted molar refractivity (Wildman–Crippen MR) is 99.5 cm³/mol. The van der Waals surface area contributed by atoms with Gasteiger partial charge < -0.3 is 15.7 Å². The van der Waals surface area contributed by atoms with Gasteiger partial charge in [0.25, 0.3) is 0 Å². The molecule has 0 saturated heterocycles. The van der Waals surface area contributed by atoms with Crippen LogP contribution in [0.15, 0.2) is 24.5 Å². The molecule has 0 aliphatic heterocycles. The van der Waals surface area contributed by atoms with Crippen LogP contribution in [0.2, 0.25) is 10.3 Å². The van der Waals surface area contributed by atoms with Crippen LogP contribution < -0.4 is 10.6 Å². The fourth-order valence-electron chi connectivity index (χ4n) is 1.82. The summed E-state index contributed by atoms with van der Waals surface area (Å²) in [5.74, 6) is 0. The molecule has 8 nitrogen and oxygen atoms in total. The number of nitrogens with zero attached hydrogens (tertiary/aromatic N) is 2. The average molecular weight is 458 g/mol. The number of nitrogens with one attached hydrogen (secondary N) is 2. The third-order valence-corrected chi connectivity index (χ3v) is 3.30. The molecule has 0 fully saturated rings. The average Bonchev–Trinajstić information content (AvgIpc) is 2.64. The van der Waals surface area contributed by atoms with E-state index in [4.69, 9.17) is 36.0 Å². The van der Waals surface area contributed by atoms with E-state index < -0.39 is 14.8 Å². The van der Waals surface area contributed by atoms with Crippen molar-refractivity contribution in [3.05, 3.63) is 46.0 Å². The molecule has 2 aromatic rings. The molecule has 0 unspecified atom stereocenters. The molecule has 3 N–H and O–H groups in total. The first-order valence-electron chi connectivity index (χ1n) is 7.70. The summed E-state index contributed by atoms with van der Waals surface area (Å²) in [7, 11) is 0. The van der Waals surface area contributed by atoms with Gasteiger partial charge in [0.05, 0.1) is 12.2 Å². The Hall–Kier alpha value is -1.77. The van der Waals surface area contributed by atoms with Crippen molar-refractivity contribution in [2.45, 2.75) is 20.5 Å². The van der Waals surface area contributed by atoms with Crippen LogP contribution in [-0.4, -0.2) is 34.5 Å². The number of aliphatic hydroxyl groups excluding tert-OH is 1. The molecule has 0 amide bonds. The molecule has 0 aromatic carbocycles. The van der Waals surface area contributed by atoms with Gasteiger partial charge in [-0.3, -0.25) is 4.79 Å². The number of carbonyl (C=O) groups excluding carboxylic acids is 1. The van der Waals surface area contributed by atoms with Gasteiger partial charge in [-0.25, -0.2) is 9.97 Å². The fourth-order valence-corrected chi connectivity index (χ4v) is 2.13. The number of anilines is 2. The van der Waals surface area contributed by atoms with E-state index in [1.165, 1.54) is 6.20 Å². The molecule has 2 heterocycles. The van der Waals surface area contributed by atoms with Crippen LogP contribution in [0.5, 0.6) is 0 Å². The molecule has 2 rings (SSSR count). The van der Waals surface area contributed by atoms with Crippen LogP contribution in [0.3, 0.4) is 0 Å². The van der Waals surface area contributed by atoms with E-state index in [-0.39, 0.29) is 6.61 Å². The zero-order valence-corrected chi connectivity index (χ0v) is 17.4. The normalized spacial score (nSPS) is 9.07. The van der Waals surface area contributed by atoms with Gasteiger partial charge in [0.2, 0.25) is 0 Å². The molecule has 11 heteroatoms. The van der Waals surface area contributed by atoms with E-state index in [1.807, 2.05) is 13.8 Å². The summed E-state index contributed by atoms with van der Waals surface area (Å²) in [6.45, 7) is 5.46. The Morgan fingerprint density at radius 3 is 2.00 bits per heavy atom. The monoisotopic (exact) mass is 457 g/mol. The Kier molecular flexibility index (Phi) is 14.3. The first-order chi connectivity index (χ1) is 13.0. The van der Waals surface area contributed by atoms with Crippen molar-refractivity contribution < 1.29 is 32.4 Å². The van der Waals surface area contributed by atoms with Gasteiger partial charge in [0, 0.05) is 42.4 Å². The second-order valence-corrected chi connectivity index (χ2v) is 5.63. The van der Waals surface area contributed by atoms with Crippen molar-refractivity contribution in [1.29, 1.82) is 0 Å². The molecule has 0 aliphatic rings. The second kappa shape index (κ2) is 15.3. The molecule has 0 radical (unpaired) electrons. The number of aliphatic hydroxyl groups is 1. The molecule has 0 saturated carbocycles. The number of pyridine rings is 2. The third-order valence-electron chi connectivity index (χ3n) is 2.89. The first-order valence-corrected chi connectivity index (χ1v) is 9.42. The Morgan fingerprint density at radius 2 is 1.52 bits per heavy atom. The Bertz CT molecular complexity index is 759. The Morgan fingerprint density at radius 1 is 1.04 bits per heavy atom. The number of halogens is 2. The number of carbonyl (C=O) groups is 1. The topological polar surface area (TPSA) is 121 Å². The zero-order valence-electron chi connectivity index (χ0n) is 14.7. The van der Waals surface area contributed by atoms with Crippen LogP contribution in [0.4, 0.5) is 11.4 Å². The molecule has 2 aromatic heterocycles. The number of rotatable bonds is 6. The van der Waals surface area contributed by atoms with Gasteiger partial charge in [-0.2, -0.15) is 0 Å². The van der Waals surface area contributed by atoms with E-state index in [1.54, 1.807) is 18.3 Å². The van der Waals surface area contributed by atoms with Gasteiger partial charge >= 0.3 is 22.5 Å². The summed E-state index contributed by atoms with van der Waals surface area (Å²) in [5, 5.41) is 15.8. The molecular weight excluding hydrogens is 438 g/mol. The van der Waals surface area contributed by atoms with Gasteiger partial charge in [-0.05, 0) is 26.0 Å². The summed E-state index contributed by atoms with van der Waals surface area (Å²) >= 11 is 9.88. The number of hydrogen-bond acceptors (Lipinski definition) is 8. The van der Waals surface area contributed by atoms with Crippen molar-refractivity contribution in [3.8, 4) is 0 Å². The molecule has 149 valence electrons. The quantitative estimate of drug-likeness (QED) is 0.342. The summed E-state index contributed by atoms with van der Waals surface area (Å²) < 4.78 is 16.8. The molecule has 0 bridgehead atoms. The molecule has 27 heavy (non-hydrogen) atoms. The van der Waals surface area contributed by atoms with Crippen LogP contribution in [0.1, 0.15) is 29.8 Å². The SMILES string of the molecule is CCNc1cc(Cl)ncc1C=O.CCNc1cc(Cl)ncc1CO.[O]=[Mn]=[O]. The summed E-state index contributed by atoms with van der Waals surface area (Å²) in [4.78, 5) is 18.1. The van der Waals surface area contributed by atoms with Crippen LogP contribution >= 0.6 is 23.2 Å². The zero-order chi connectivity index (χ0) is 20.7. The molecule has 0 aliphatic carbocycles. The summed E-state index contributed by atoms with van der Waals surface area (Å²) in [5.41, 5.74) is 2.87. The summed E-state index contributed by atoms with van der Waals surface area (Å²) in [6, 6.07) is 3.34. The summed E-state index contributed by atoms with van der Waals surface area (Å²) in [6.07, 6.45) is 3.77. The number of hydrogen-bond donors (Lipinski definition) is 3. The fraction of sp³-hybridized carbons (Fsp3) is 0.312. The third kappa shape index (κ3) is 10.2. The molecular formula is C16H20Cl2MnN4O4. The number of aldehydes is 1. The van der Waals surface area contributed by atoms with E-state index in [2.05, 4.69) is 20.6 Å². The standard InChI is InChI=1S/C8H11ClN2O.C8H9ClN2O.Mn.2O/c2*1-2-10-7-3-8(9)11-4-6(7)5-12;;;/h3-4,12H,2,5H2,1H3,(H,10,11);3-5H,2H2,1H3,(H,10,11);;;. The van der Waals surface area contributed by atoms with Crippen molar-refractivity contribution >= 4 is 40.9 Å². The minimum atomic E-state index is -1.44. The van der Waals surface area contributed by atoms with Gasteiger partial charge in [-0.1, -0.05) is 23.2 Å². The van der Waals surface area contributed by atoms with Gasteiger partial charge in [0.1, 0.15) is 10.3 Å². The van der Waals surface area contributed by atoms with Crippen LogP contribution in [0.25, 0.3) is 0 Å². The van der Waals surface area contributed by atoms with E-state index in [9.17, 15) is 4.79 Å². The van der Waals surface area contributed by atoms with Gasteiger partial charge in [-0.15, -0.1) is 0 Å². The van der Waals surface area contributed by atoms with E-state index in [0.29, 0.717) is 15.9 Å². The van der Waals surface area contributed by atoms with Crippen molar-refractivity contribution in [3.63, 3.8) is 0 Å². The molecule has 0 atom stereocenters. The van der Waals surface area contributed by atoms with Crippen molar-refractivity contribution in [2.24, 2.45) is 0 Å². The first kappa shape index (κ1) is 25.2. The van der Waals surface area contributed by atoms with Crippen LogP contribution in [-0.2, 0) is 29.1 Å². The van der Waals surface area contributed by atoms with Crippen molar-refractivity contribution in [2.75, 3.05) is 23.7 Å². The minimum absolute atomic E-state index is 0.0213. The predicted octanol–water partition coefficient (Wildman–Crippen LogP) is 3.40. The Balaban J connectivity index is 0.000000438. The van der Waals surface area contributed by atoms with Crippen LogP contribution in [0, 0.1) is 0 Å². The Labute approximate surface area is 173 Å². The van der Waals surface area contributed by atoms with Gasteiger partial charge in [0.15, 0.2) is 6.29 Å². The second-order valence-electron chi connectivity index (χ2n) is 4.66. The maximum atomic E-state index is 10.5. The van der Waals surface area contributed by atoms with Crippen molar-refractivity contribution in [1.82, 2.24) is 9.97 Å². The van der Waals surface area contributed by atoms with E-state index in [0.717, 1.165) is 36.3 Å². The number of aromatic nitrogens is 2. The maximum absolute atomic E-state index is 10.5.